The average molecular weight is 337 g/mol. The van der Waals surface area contributed by atoms with Crippen molar-refractivity contribution in [3.63, 3.8) is 0 Å². The number of carbonyl (C=O) groups is 2. The summed E-state index contributed by atoms with van der Waals surface area (Å²) >= 11 is 0. The molecular formula is C14H11NO7S. The molecule has 8 nitrogen and oxygen atoms in total. The van der Waals surface area contributed by atoms with Gasteiger partial charge in [0, 0.05) is 0 Å². The zero-order valence-corrected chi connectivity index (χ0v) is 12.2. The lowest BCUT2D eigenvalue weighted by molar-refractivity contribution is 0.0686. The smallest absolute Gasteiger partial charge is 0.335 e. The number of hydrogen-bond acceptors (Lipinski definition) is 5. The summed E-state index contributed by atoms with van der Waals surface area (Å²) in [6.45, 7) is 0. The highest BCUT2D eigenvalue weighted by atomic mass is 32.2. The molecule has 0 bridgehead atoms. The van der Waals surface area contributed by atoms with Crippen molar-refractivity contribution in [1.29, 1.82) is 0 Å². The summed E-state index contributed by atoms with van der Waals surface area (Å²) in [7, 11) is -4.12. The van der Waals surface area contributed by atoms with Crippen LogP contribution in [0.25, 0.3) is 0 Å². The van der Waals surface area contributed by atoms with Crippen LogP contribution in [0.4, 0.5) is 5.69 Å². The van der Waals surface area contributed by atoms with Crippen molar-refractivity contribution in [3.05, 3.63) is 53.6 Å². The van der Waals surface area contributed by atoms with Gasteiger partial charge in [-0.05, 0) is 42.5 Å². The van der Waals surface area contributed by atoms with E-state index in [0.717, 1.165) is 42.5 Å². The lowest BCUT2D eigenvalue weighted by Gasteiger charge is -2.10. The Morgan fingerprint density at radius 3 is 1.91 bits per heavy atom. The van der Waals surface area contributed by atoms with Crippen LogP contribution >= 0.6 is 0 Å². The van der Waals surface area contributed by atoms with Crippen molar-refractivity contribution in [3.8, 4) is 5.75 Å². The first kappa shape index (κ1) is 16.3. The summed E-state index contributed by atoms with van der Waals surface area (Å²) in [6, 6.07) is 7.55. The molecule has 0 aromatic heterocycles. The lowest BCUT2D eigenvalue weighted by atomic mass is 10.2. The maximum absolute atomic E-state index is 12.2. The van der Waals surface area contributed by atoms with Crippen molar-refractivity contribution >= 4 is 27.6 Å². The summed E-state index contributed by atoms with van der Waals surface area (Å²) in [4.78, 5) is 21.4. The number of hydrogen-bond donors (Lipinski definition) is 4. The van der Waals surface area contributed by atoms with E-state index in [9.17, 15) is 23.1 Å². The van der Waals surface area contributed by atoms with E-state index in [-0.39, 0.29) is 21.7 Å². The van der Waals surface area contributed by atoms with Gasteiger partial charge in [-0.2, -0.15) is 0 Å². The van der Waals surface area contributed by atoms with E-state index in [4.69, 9.17) is 10.2 Å². The van der Waals surface area contributed by atoms with Crippen molar-refractivity contribution in [2.75, 3.05) is 4.72 Å². The molecular weight excluding hydrogens is 326 g/mol. The van der Waals surface area contributed by atoms with E-state index in [1.807, 2.05) is 0 Å². The van der Waals surface area contributed by atoms with Gasteiger partial charge >= 0.3 is 11.9 Å². The van der Waals surface area contributed by atoms with Gasteiger partial charge in [-0.15, -0.1) is 0 Å². The summed E-state index contributed by atoms with van der Waals surface area (Å²) in [5, 5.41) is 27.3. The molecule has 2 rings (SSSR count). The Morgan fingerprint density at radius 1 is 0.870 bits per heavy atom. The van der Waals surface area contributed by atoms with Gasteiger partial charge in [-0.3, -0.25) is 4.72 Å². The molecule has 0 spiro atoms. The molecule has 0 aliphatic heterocycles. The third kappa shape index (κ3) is 3.58. The fraction of sp³-hybridized carbons (Fsp3) is 0. The van der Waals surface area contributed by atoms with Gasteiger partial charge in [0.15, 0.2) is 0 Å². The molecule has 0 unspecified atom stereocenters. The summed E-state index contributed by atoms with van der Waals surface area (Å²) < 4.78 is 26.5. The minimum atomic E-state index is -4.12. The Kier molecular flexibility index (Phi) is 4.23. The number of benzene rings is 2. The summed E-state index contributed by atoms with van der Waals surface area (Å²) in [5.41, 5.74) is -0.589. The SMILES string of the molecule is O=C(O)c1ccc(S(=O)(=O)Nc2cc(C(=O)O)ccc2O)cc1. The minimum absolute atomic E-state index is 0.0836. The van der Waals surface area contributed by atoms with Crippen molar-refractivity contribution in [1.82, 2.24) is 0 Å². The van der Waals surface area contributed by atoms with E-state index < -0.39 is 27.7 Å². The molecule has 120 valence electrons. The highest BCUT2D eigenvalue weighted by molar-refractivity contribution is 7.92. The van der Waals surface area contributed by atoms with Crippen LogP contribution in [0.2, 0.25) is 0 Å². The summed E-state index contributed by atoms with van der Waals surface area (Å²) in [6.07, 6.45) is 0. The molecule has 2 aromatic carbocycles. The molecule has 0 aliphatic rings. The van der Waals surface area contributed by atoms with Crippen LogP contribution in [0.1, 0.15) is 20.7 Å². The second-order valence-corrected chi connectivity index (χ2v) is 6.15. The number of aromatic carboxylic acids is 2. The van der Waals surface area contributed by atoms with E-state index in [0.29, 0.717) is 0 Å². The van der Waals surface area contributed by atoms with E-state index in [1.165, 1.54) is 0 Å². The third-order valence-electron chi connectivity index (χ3n) is 2.90. The van der Waals surface area contributed by atoms with Gasteiger partial charge < -0.3 is 15.3 Å². The number of carboxylic acid groups (broad SMARTS) is 2. The van der Waals surface area contributed by atoms with E-state index in [1.54, 1.807) is 0 Å². The van der Waals surface area contributed by atoms with Gasteiger partial charge in [0.25, 0.3) is 10.0 Å². The number of phenolic OH excluding ortho intramolecular Hbond substituents is 1. The first-order valence-corrected chi connectivity index (χ1v) is 7.61. The predicted molar refractivity (Wildman–Crippen MR) is 79.3 cm³/mol. The maximum atomic E-state index is 12.2. The van der Waals surface area contributed by atoms with Gasteiger partial charge in [-0.25, -0.2) is 18.0 Å². The van der Waals surface area contributed by atoms with Crippen molar-refractivity contribution < 1.29 is 33.3 Å². The predicted octanol–water partition coefficient (Wildman–Crippen LogP) is 1.59. The van der Waals surface area contributed by atoms with Gasteiger partial charge in [-0.1, -0.05) is 0 Å². The Hall–Kier alpha value is -3.07. The quantitative estimate of drug-likeness (QED) is 0.607. The zero-order valence-electron chi connectivity index (χ0n) is 11.4. The molecule has 0 saturated carbocycles. The van der Waals surface area contributed by atoms with Crippen LogP contribution in [-0.4, -0.2) is 35.7 Å². The number of carboxylic acids is 2. The van der Waals surface area contributed by atoms with Gasteiger partial charge in [0.2, 0.25) is 0 Å². The number of aromatic hydroxyl groups is 1. The first-order valence-electron chi connectivity index (χ1n) is 6.13. The highest BCUT2D eigenvalue weighted by Crippen LogP contribution is 2.27. The van der Waals surface area contributed by atoms with Crippen LogP contribution in [0.3, 0.4) is 0 Å². The molecule has 0 radical (unpaired) electrons. The minimum Gasteiger partial charge on any atom is -0.506 e. The van der Waals surface area contributed by atoms with Crippen LogP contribution in [0.5, 0.6) is 5.75 Å². The number of rotatable bonds is 5. The lowest BCUT2D eigenvalue weighted by Crippen LogP contribution is -2.14. The van der Waals surface area contributed by atoms with Crippen LogP contribution in [0, 0.1) is 0 Å². The standard InChI is InChI=1S/C14H11NO7S/c16-12-6-3-9(14(19)20)7-11(12)15-23(21,22)10-4-1-8(2-5-10)13(17)18/h1-7,15-16H,(H,17,18)(H,19,20). The molecule has 0 heterocycles. The van der Waals surface area contributed by atoms with Crippen molar-refractivity contribution in [2.45, 2.75) is 4.90 Å². The van der Waals surface area contributed by atoms with E-state index in [2.05, 4.69) is 4.72 Å². The molecule has 0 atom stereocenters. The highest BCUT2D eigenvalue weighted by Gasteiger charge is 2.18. The largest absolute Gasteiger partial charge is 0.506 e. The van der Waals surface area contributed by atoms with Crippen LogP contribution in [-0.2, 0) is 10.0 Å². The Bertz CT molecular complexity index is 872. The molecule has 2 aromatic rings. The monoisotopic (exact) mass is 337 g/mol. The maximum Gasteiger partial charge on any atom is 0.335 e. The Morgan fingerprint density at radius 2 is 1.39 bits per heavy atom. The number of sulfonamides is 1. The second-order valence-electron chi connectivity index (χ2n) is 4.47. The first-order chi connectivity index (χ1) is 10.7. The zero-order chi connectivity index (χ0) is 17.2. The molecule has 0 aliphatic carbocycles. The van der Waals surface area contributed by atoms with Crippen molar-refractivity contribution in [2.24, 2.45) is 0 Å². The molecule has 0 fully saturated rings. The topological polar surface area (TPSA) is 141 Å². The number of nitrogens with one attached hydrogen (secondary N) is 1. The Labute approximate surface area is 130 Å². The molecule has 4 N–H and O–H groups in total. The molecule has 0 saturated heterocycles. The van der Waals surface area contributed by atoms with Gasteiger partial charge in [0.1, 0.15) is 5.75 Å². The summed E-state index contributed by atoms with van der Waals surface area (Å²) in [5.74, 6) is -2.93. The Balaban J connectivity index is 2.36. The van der Waals surface area contributed by atoms with Gasteiger partial charge in [0.05, 0.1) is 21.7 Å². The molecule has 9 heteroatoms. The second kappa shape index (κ2) is 5.97. The molecule has 23 heavy (non-hydrogen) atoms. The fourth-order valence-electron chi connectivity index (χ4n) is 1.73. The van der Waals surface area contributed by atoms with Crippen LogP contribution < -0.4 is 4.72 Å². The average Bonchev–Trinajstić information content (AvgIpc) is 2.49. The number of phenols is 1. The third-order valence-corrected chi connectivity index (χ3v) is 4.28. The van der Waals surface area contributed by atoms with Crippen LogP contribution in [0.15, 0.2) is 47.4 Å². The number of anilines is 1. The normalized spacial score (nSPS) is 11.0. The molecule has 0 amide bonds. The fourth-order valence-corrected chi connectivity index (χ4v) is 2.80. The van der Waals surface area contributed by atoms with E-state index >= 15 is 0 Å².